The summed E-state index contributed by atoms with van der Waals surface area (Å²) in [5, 5.41) is 0. The van der Waals surface area contributed by atoms with Crippen LogP contribution in [0.5, 0.6) is 0 Å². The van der Waals surface area contributed by atoms with E-state index in [0.29, 0.717) is 0 Å². The molecular weight excluding hydrogens is 697 g/mol. The molecule has 0 heterocycles. The summed E-state index contributed by atoms with van der Waals surface area (Å²) in [5.74, 6) is -88.7. The molecule has 0 saturated heterocycles. The van der Waals surface area contributed by atoms with Gasteiger partial charge in [-0.2, -0.15) is 119 Å². The highest BCUT2D eigenvalue weighted by Gasteiger charge is 2.98. The van der Waals surface area contributed by atoms with Gasteiger partial charge >= 0.3 is 77.6 Å². The average Bonchev–Trinajstić information content (AvgIpc) is 2.69. The minimum absolute atomic E-state index is 0.980. The zero-order valence-electron chi connectivity index (χ0n) is 18.1. The lowest BCUT2D eigenvalue weighted by atomic mass is 9.87. The predicted molar refractivity (Wildman–Crippen MR) is 72.2 cm³/mol. The molecule has 0 aliphatic carbocycles. The van der Waals surface area contributed by atoms with Crippen LogP contribution < -0.4 is 0 Å². The third kappa shape index (κ3) is 4.92. The normalized spacial score (nSPS) is 17.1. The Kier molecular flexibility index (Phi) is 9.10. The van der Waals surface area contributed by atoms with Gasteiger partial charge in [-0.3, -0.25) is 0 Å². The van der Waals surface area contributed by atoms with Crippen LogP contribution in [0.15, 0.2) is 0 Å². The summed E-state index contributed by atoms with van der Waals surface area (Å²) in [6.45, 7) is -1.36. The first-order valence-corrected chi connectivity index (χ1v) is 8.76. The van der Waals surface area contributed by atoms with Gasteiger partial charge in [-0.25, -0.2) is 4.74 Å². The van der Waals surface area contributed by atoms with Crippen molar-refractivity contribution in [2.45, 2.75) is 84.5 Å². The Labute approximate surface area is 209 Å². The third-order valence-electron chi connectivity index (χ3n) is 4.66. The van der Waals surface area contributed by atoms with Gasteiger partial charge in [-0.1, -0.05) is 0 Å². The summed E-state index contributed by atoms with van der Waals surface area (Å²) in [7, 11) is 0. The number of alkyl halides is 27. The van der Waals surface area contributed by atoms with Crippen LogP contribution in [0.25, 0.3) is 0 Å². The van der Waals surface area contributed by atoms with Crippen molar-refractivity contribution in [3.8, 4) is 0 Å². The summed E-state index contributed by atoms with van der Waals surface area (Å²) >= 11 is 0. The predicted octanol–water partition coefficient (Wildman–Crippen LogP) is 9.12. The second-order valence-electron chi connectivity index (χ2n) is 7.69. The molecule has 0 aromatic rings. The van der Waals surface area contributed by atoms with E-state index < -0.39 is 84.5 Å². The molecule has 0 N–H and O–H groups in total. The minimum Gasteiger partial charge on any atom is -0.245 e. The maximum absolute atomic E-state index is 13.5. The highest BCUT2D eigenvalue weighted by Crippen LogP contribution is 2.66. The fourth-order valence-corrected chi connectivity index (χ4v) is 2.09. The fraction of sp³-hybridized carbons (Fsp3) is 1.00. The molecule has 0 bridgehead atoms. The minimum atomic E-state index is -9.64. The van der Waals surface area contributed by atoms with Crippen LogP contribution in [0.2, 0.25) is 0 Å². The van der Waals surface area contributed by atoms with Crippen molar-refractivity contribution in [2.24, 2.45) is 0 Å². The first-order valence-electron chi connectivity index (χ1n) is 8.76. The van der Waals surface area contributed by atoms with Crippen molar-refractivity contribution in [3.63, 3.8) is 0 Å². The van der Waals surface area contributed by atoms with Gasteiger partial charge in [0.15, 0.2) is 0 Å². The molecule has 0 amide bonds. The van der Waals surface area contributed by atoms with Crippen LogP contribution in [0.4, 0.5) is 119 Å². The zero-order chi connectivity index (χ0) is 35.2. The van der Waals surface area contributed by atoms with E-state index in [1.165, 1.54) is 0 Å². The van der Waals surface area contributed by atoms with E-state index in [9.17, 15) is 119 Å². The van der Waals surface area contributed by atoms with Gasteiger partial charge in [0.25, 0.3) is 0 Å². The van der Waals surface area contributed by atoms with Crippen molar-refractivity contribution in [1.29, 1.82) is 0 Å². The van der Waals surface area contributed by atoms with Crippen LogP contribution in [0, 0.1) is 0 Å². The monoisotopic (exact) mass is 700 g/mol. The number of ether oxygens (including phenoxy) is 1. The van der Waals surface area contributed by atoms with E-state index >= 15 is 0 Å². The summed E-state index contributed by atoms with van der Waals surface area (Å²) in [6.07, 6.45) is -24.8. The van der Waals surface area contributed by atoms with Crippen LogP contribution in [-0.4, -0.2) is 77.6 Å². The second kappa shape index (κ2) is 9.53. The van der Waals surface area contributed by atoms with E-state index in [1.54, 1.807) is 0 Å². The molecule has 42 heavy (non-hydrogen) atoms. The van der Waals surface area contributed by atoms with Gasteiger partial charge in [0, 0.05) is 6.92 Å². The quantitative estimate of drug-likeness (QED) is 0.185. The highest BCUT2D eigenvalue weighted by atomic mass is 19.4. The van der Waals surface area contributed by atoms with Crippen molar-refractivity contribution in [2.75, 3.05) is 0 Å². The zero-order valence-corrected chi connectivity index (χ0v) is 18.1. The molecule has 0 aliphatic rings. The van der Waals surface area contributed by atoms with Gasteiger partial charge in [0.1, 0.15) is 0 Å². The number of hydrogen-bond donors (Lipinski definition) is 0. The molecule has 0 atom stereocenters. The summed E-state index contributed by atoms with van der Waals surface area (Å²) in [5.41, 5.74) is 0. The van der Waals surface area contributed by atoms with E-state index in [-0.39, 0.29) is 0 Å². The highest BCUT2D eigenvalue weighted by molar-refractivity contribution is 5.17. The maximum atomic E-state index is 13.5. The lowest BCUT2D eigenvalue weighted by Gasteiger charge is -2.44. The summed E-state index contributed by atoms with van der Waals surface area (Å²) in [4.78, 5) is 0. The van der Waals surface area contributed by atoms with Crippen molar-refractivity contribution in [3.05, 3.63) is 0 Å². The van der Waals surface area contributed by atoms with Gasteiger partial charge in [-0.05, 0) is 0 Å². The smallest absolute Gasteiger partial charge is 0.245 e. The Morgan fingerprint density at radius 3 is 0.667 bits per heavy atom. The molecule has 0 aromatic carbocycles. The molecule has 0 aromatic heterocycles. The van der Waals surface area contributed by atoms with Crippen LogP contribution in [0.1, 0.15) is 6.92 Å². The molecular formula is C14H3F27O. The molecule has 254 valence electrons. The molecule has 1 nitrogen and oxygen atoms in total. The topological polar surface area (TPSA) is 9.23 Å². The van der Waals surface area contributed by atoms with Gasteiger partial charge in [0.05, 0.1) is 0 Å². The average molecular weight is 700 g/mol. The molecule has 0 saturated carbocycles. The van der Waals surface area contributed by atoms with E-state index in [2.05, 4.69) is 0 Å². The standard InChI is InChI=1S/C14H3F27O/c1-2(15,16)3(17,18)13(38,39)42-14(40,41)11(33,34)9(29,30)7(25,26)5(21,22)4(19,20)6(23,24)8(27,28)10(31,32)12(35,36)37/h1H3. The Balaban J connectivity index is 7.17. The first-order chi connectivity index (χ1) is 17.5. The molecule has 0 spiro atoms. The summed E-state index contributed by atoms with van der Waals surface area (Å²) < 4.78 is 353. The van der Waals surface area contributed by atoms with Gasteiger partial charge in [-0.15, -0.1) is 0 Å². The molecule has 0 radical (unpaired) electrons. The number of halogens is 27. The first kappa shape index (κ1) is 40.1. The van der Waals surface area contributed by atoms with E-state index in [4.69, 9.17) is 0 Å². The van der Waals surface area contributed by atoms with Crippen molar-refractivity contribution in [1.82, 2.24) is 0 Å². The van der Waals surface area contributed by atoms with Gasteiger partial charge in [0.2, 0.25) is 0 Å². The Hall–Kier alpha value is -1.93. The molecule has 0 fully saturated rings. The Bertz CT molecular complexity index is 978. The lowest BCUT2D eigenvalue weighted by molar-refractivity contribution is -0.519. The SMILES string of the molecule is CC(F)(F)C(F)(F)C(F)(F)OC(F)(F)C(F)(F)C(F)(F)C(F)(F)C(F)(F)C(F)(F)C(F)(F)C(F)(F)C(F)(F)C(F)(F)F. The molecule has 0 aliphatic heterocycles. The Morgan fingerprint density at radius 1 is 0.262 bits per heavy atom. The summed E-state index contributed by atoms with van der Waals surface area (Å²) in [6, 6.07) is 0. The number of hydrogen-bond acceptors (Lipinski definition) is 1. The van der Waals surface area contributed by atoms with Crippen LogP contribution in [0.3, 0.4) is 0 Å². The Morgan fingerprint density at radius 2 is 0.452 bits per heavy atom. The number of rotatable bonds is 12. The van der Waals surface area contributed by atoms with Crippen LogP contribution >= 0.6 is 0 Å². The van der Waals surface area contributed by atoms with E-state index in [1.807, 2.05) is 0 Å². The fourth-order valence-electron chi connectivity index (χ4n) is 2.09. The van der Waals surface area contributed by atoms with Crippen molar-refractivity contribution < 1.29 is 123 Å². The molecule has 28 heteroatoms. The van der Waals surface area contributed by atoms with Gasteiger partial charge < -0.3 is 0 Å². The molecule has 0 rings (SSSR count). The van der Waals surface area contributed by atoms with Crippen LogP contribution in [-0.2, 0) is 4.74 Å². The van der Waals surface area contributed by atoms with Crippen molar-refractivity contribution >= 4 is 0 Å². The lowest BCUT2D eigenvalue weighted by Crippen LogP contribution is -2.77. The third-order valence-corrected chi connectivity index (χ3v) is 4.66. The molecule has 0 unspecified atom stereocenters. The maximum Gasteiger partial charge on any atom is 0.460 e. The van der Waals surface area contributed by atoms with E-state index in [0.717, 1.165) is 4.74 Å². The second-order valence-corrected chi connectivity index (χ2v) is 7.69. The largest absolute Gasteiger partial charge is 0.460 e.